The van der Waals surface area contributed by atoms with Gasteiger partial charge in [0.15, 0.2) is 11.2 Å². The minimum absolute atomic E-state index is 0.00712. The van der Waals surface area contributed by atoms with E-state index >= 15 is 0 Å². The van der Waals surface area contributed by atoms with Gasteiger partial charge in [0.2, 0.25) is 15.8 Å². The summed E-state index contributed by atoms with van der Waals surface area (Å²) in [4.78, 5) is 31.4. The van der Waals surface area contributed by atoms with Crippen LogP contribution < -0.4 is 16.4 Å². The van der Waals surface area contributed by atoms with Gasteiger partial charge in [0.1, 0.15) is 0 Å². The van der Waals surface area contributed by atoms with Crippen molar-refractivity contribution >= 4 is 27.0 Å². The van der Waals surface area contributed by atoms with E-state index in [1.54, 1.807) is 34.3 Å². The number of sulfonamides is 1. The molecular weight excluding hydrogens is 468 g/mol. The largest absolute Gasteiger partial charge is 0.332 e. The summed E-state index contributed by atoms with van der Waals surface area (Å²) < 4.78 is 29.3. The highest BCUT2D eigenvalue weighted by molar-refractivity contribution is 7.89. The molecule has 0 bridgehead atoms. The van der Waals surface area contributed by atoms with Gasteiger partial charge in [0.25, 0.3) is 5.56 Å². The van der Waals surface area contributed by atoms with Gasteiger partial charge in [-0.05, 0) is 56.2 Å². The van der Waals surface area contributed by atoms with E-state index in [0.717, 1.165) is 22.4 Å². The first kappa shape index (κ1) is 22.8. The molecular formula is C24H24N6O4S. The number of rotatable bonds is 4. The third-order valence-electron chi connectivity index (χ3n) is 6.28. The Balaban J connectivity index is 1.74. The van der Waals surface area contributed by atoms with Crippen LogP contribution in [-0.2, 0) is 23.6 Å². The Hall–Kier alpha value is -3.96. The third kappa shape index (κ3) is 3.60. The average molecular weight is 493 g/mol. The molecule has 0 saturated carbocycles. The molecule has 0 spiro atoms. The van der Waals surface area contributed by atoms with E-state index < -0.39 is 21.3 Å². The molecule has 0 aliphatic heterocycles. The fourth-order valence-corrected chi connectivity index (χ4v) is 4.91. The molecule has 180 valence electrons. The highest BCUT2D eigenvalue weighted by atomic mass is 32.2. The summed E-state index contributed by atoms with van der Waals surface area (Å²) >= 11 is 0. The Labute approximate surface area is 200 Å². The number of aromatic nitrogens is 5. The van der Waals surface area contributed by atoms with Crippen molar-refractivity contribution in [3.8, 4) is 5.69 Å². The normalized spacial score (nSPS) is 12.1. The maximum atomic E-state index is 13.6. The topological polar surface area (TPSA) is 126 Å². The van der Waals surface area contributed by atoms with Crippen molar-refractivity contribution in [2.45, 2.75) is 32.2 Å². The standard InChI is InChI=1S/C24H24N6O4S/c1-14-5-6-15(2)17(11-14)13-29-22(31)20-21(27(4)24(29)32)26-23-28(20)12-16(3)30(23)18-7-9-19(10-8-18)35(25,33)34/h5-12H,13H2,1-4H3,(H2,25,33,34). The molecule has 11 heteroatoms. The quantitative estimate of drug-likeness (QED) is 0.409. The number of aryl methyl sites for hydroxylation is 4. The van der Waals surface area contributed by atoms with Gasteiger partial charge in [-0.1, -0.05) is 23.8 Å². The zero-order valence-corrected chi connectivity index (χ0v) is 20.5. The van der Waals surface area contributed by atoms with Crippen LogP contribution in [-0.4, -0.2) is 31.5 Å². The molecule has 35 heavy (non-hydrogen) atoms. The lowest BCUT2D eigenvalue weighted by Crippen LogP contribution is -2.39. The molecule has 10 nitrogen and oxygen atoms in total. The Bertz CT molecular complexity index is 1870. The zero-order chi connectivity index (χ0) is 25.2. The highest BCUT2D eigenvalue weighted by Gasteiger charge is 2.21. The maximum Gasteiger partial charge on any atom is 0.332 e. The van der Waals surface area contributed by atoms with Crippen LogP contribution in [0.5, 0.6) is 0 Å². The zero-order valence-electron chi connectivity index (χ0n) is 19.7. The molecule has 3 aromatic heterocycles. The number of benzene rings is 2. The molecule has 0 radical (unpaired) electrons. The number of hydrogen-bond donors (Lipinski definition) is 1. The van der Waals surface area contributed by atoms with Gasteiger partial charge in [0.05, 0.1) is 11.4 Å². The molecule has 5 rings (SSSR count). The molecule has 0 saturated heterocycles. The van der Waals surface area contributed by atoms with E-state index in [9.17, 15) is 18.0 Å². The van der Waals surface area contributed by atoms with Gasteiger partial charge in [0, 0.05) is 24.6 Å². The second kappa shape index (κ2) is 7.79. The van der Waals surface area contributed by atoms with Gasteiger partial charge in [-0.25, -0.2) is 18.4 Å². The third-order valence-corrected chi connectivity index (χ3v) is 7.21. The van der Waals surface area contributed by atoms with Crippen molar-refractivity contribution in [3.05, 3.63) is 91.9 Å². The maximum absolute atomic E-state index is 13.6. The first-order chi connectivity index (χ1) is 16.5. The van der Waals surface area contributed by atoms with E-state index in [-0.39, 0.29) is 22.6 Å². The summed E-state index contributed by atoms with van der Waals surface area (Å²) in [5.74, 6) is 0.428. The van der Waals surface area contributed by atoms with Crippen molar-refractivity contribution < 1.29 is 8.42 Å². The van der Waals surface area contributed by atoms with Crippen LogP contribution in [0.2, 0.25) is 0 Å². The number of hydrogen-bond acceptors (Lipinski definition) is 5. The monoisotopic (exact) mass is 492 g/mol. The number of fused-ring (bicyclic) bond motifs is 3. The lowest BCUT2D eigenvalue weighted by molar-refractivity contribution is 0.598. The summed E-state index contributed by atoms with van der Waals surface area (Å²) in [5.41, 5.74) is 4.01. The van der Waals surface area contributed by atoms with E-state index in [1.807, 2.05) is 39.0 Å². The van der Waals surface area contributed by atoms with Crippen LogP contribution >= 0.6 is 0 Å². The van der Waals surface area contributed by atoms with Crippen LogP contribution in [0.15, 0.2) is 63.1 Å². The molecule has 0 amide bonds. The van der Waals surface area contributed by atoms with E-state index in [1.165, 1.54) is 21.3 Å². The smallest absolute Gasteiger partial charge is 0.283 e. The SMILES string of the molecule is Cc1ccc(C)c(Cn2c(=O)c3c(nc4n(-c5ccc(S(N)(=O)=O)cc5)c(C)cn34)n(C)c2=O)c1. The molecule has 0 fully saturated rings. The summed E-state index contributed by atoms with van der Waals surface area (Å²) in [6, 6.07) is 12.0. The summed E-state index contributed by atoms with van der Waals surface area (Å²) in [5, 5.41) is 5.21. The minimum Gasteiger partial charge on any atom is -0.283 e. The predicted octanol–water partition coefficient (Wildman–Crippen LogP) is 1.76. The van der Waals surface area contributed by atoms with Crippen molar-refractivity contribution in [3.63, 3.8) is 0 Å². The van der Waals surface area contributed by atoms with Crippen molar-refractivity contribution in [2.75, 3.05) is 0 Å². The second-order valence-corrected chi connectivity index (χ2v) is 10.3. The van der Waals surface area contributed by atoms with Crippen molar-refractivity contribution in [2.24, 2.45) is 12.2 Å². The number of nitrogens with two attached hydrogens (primary N) is 1. The van der Waals surface area contributed by atoms with Crippen LogP contribution in [0, 0.1) is 20.8 Å². The Kier molecular flexibility index (Phi) is 5.08. The van der Waals surface area contributed by atoms with Gasteiger partial charge < -0.3 is 0 Å². The van der Waals surface area contributed by atoms with E-state index in [4.69, 9.17) is 5.14 Å². The molecule has 0 atom stereocenters. The molecule has 0 unspecified atom stereocenters. The van der Waals surface area contributed by atoms with Crippen LogP contribution in [0.1, 0.15) is 22.4 Å². The molecule has 0 aliphatic rings. The fraction of sp³-hybridized carbons (Fsp3) is 0.208. The van der Waals surface area contributed by atoms with E-state index in [2.05, 4.69) is 4.98 Å². The van der Waals surface area contributed by atoms with Gasteiger partial charge >= 0.3 is 5.69 Å². The summed E-state index contributed by atoms with van der Waals surface area (Å²) in [6.45, 7) is 5.92. The summed E-state index contributed by atoms with van der Waals surface area (Å²) in [6.07, 6.45) is 1.77. The van der Waals surface area contributed by atoms with Crippen LogP contribution in [0.3, 0.4) is 0 Å². The van der Waals surface area contributed by atoms with Crippen LogP contribution in [0.4, 0.5) is 0 Å². The predicted molar refractivity (Wildman–Crippen MR) is 133 cm³/mol. The van der Waals surface area contributed by atoms with Crippen LogP contribution in [0.25, 0.3) is 22.6 Å². The lowest BCUT2D eigenvalue weighted by atomic mass is 10.1. The molecule has 5 aromatic rings. The van der Waals surface area contributed by atoms with Crippen molar-refractivity contribution in [1.29, 1.82) is 0 Å². The van der Waals surface area contributed by atoms with E-state index in [0.29, 0.717) is 11.5 Å². The first-order valence-electron chi connectivity index (χ1n) is 10.9. The minimum atomic E-state index is -3.83. The Morgan fingerprint density at radius 2 is 1.69 bits per heavy atom. The van der Waals surface area contributed by atoms with Gasteiger partial charge in [-0.2, -0.15) is 4.98 Å². The molecule has 3 heterocycles. The average Bonchev–Trinajstić information content (AvgIpc) is 3.31. The Morgan fingerprint density at radius 3 is 2.34 bits per heavy atom. The summed E-state index contributed by atoms with van der Waals surface area (Å²) in [7, 11) is -2.23. The molecule has 2 aromatic carbocycles. The van der Waals surface area contributed by atoms with Crippen molar-refractivity contribution in [1.82, 2.24) is 23.1 Å². The number of nitrogens with zero attached hydrogens (tertiary/aromatic N) is 5. The Morgan fingerprint density at radius 1 is 1.00 bits per heavy atom. The lowest BCUT2D eigenvalue weighted by Gasteiger charge is -2.11. The van der Waals surface area contributed by atoms with Gasteiger partial charge in [-0.3, -0.25) is 22.9 Å². The van der Waals surface area contributed by atoms with Gasteiger partial charge in [-0.15, -0.1) is 0 Å². The number of imidazole rings is 2. The molecule has 0 aliphatic carbocycles. The number of primary sulfonamides is 1. The highest BCUT2D eigenvalue weighted by Crippen LogP contribution is 2.22. The first-order valence-corrected chi connectivity index (χ1v) is 12.4. The molecule has 2 N–H and O–H groups in total. The second-order valence-electron chi connectivity index (χ2n) is 8.76. The fourth-order valence-electron chi connectivity index (χ4n) is 4.39.